The van der Waals surface area contributed by atoms with Crippen molar-refractivity contribution in [1.82, 2.24) is 30.1 Å². The summed E-state index contributed by atoms with van der Waals surface area (Å²) in [7, 11) is 1.81. The maximum absolute atomic E-state index is 14.1. The number of thiazole rings is 1. The number of Topliss-reactive ketones (excluding diaryl/α,β-unsaturated/α-hetero) is 1. The smallest absolute Gasteiger partial charge is 0.303 e. The fraction of sp³-hybridized carbons (Fsp3) is 0.694. The van der Waals surface area contributed by atoms with Crippen LogP contribution in [0.2, 0.25) is 0 Å². The number of nitrogens with one attached hydrogen (secondary N) is 1. The van der Waals surface area contributed by atoms with E-state index in [1.54, 1.807) is 35.8 Å². The van der Waals surface area contributed by atoms with Crippen molar-refractivity contribution in [2.75, 3.05) is 20.1 Å². The minimum atomic E-state index is -0.733. The molecular weight excluding hydrogens is 629 g/mol. The van der Waals surface area contributed by atoms with Gasteiger partial charge in [-0.15, -0.1) is 11.3 Å². The number of rotatable bonds is 16. The van der Waals surface area contributed by atoms with Gasteiger partial charge in [-0.25, -0.2) is 15.0 Å². The number of aromatic nitrogens is 3. The molecule has 0 spiro atoms. The van der Waals surface area contributed by atoms with Crippen LogP contribution >= 0.6 is 11.3 Å². The summed E-state index contributed by atoms with van der Waals surface area (Å²) >= 11 is 1.27. The van der Waals surface area contributed by atoms with Gasteiger partial charge in [-0.3, -0.25) is 24.1 Å². The number of carbonyl (C=O) groups excluding carboxylic acids is 4. The molecule has 2 aromatic rings. The molecule has 262 valence electrons. The molecule has 11 nitrogen and oxygen atoms in total. The summed E-state index contributed by atoms with van der Waals surface area (Å²) in [4.78, 5) is 70.6. The van der Waals surface area contributed by atoms with E-state index in [4.69, 9.17) is 4.74 Å². The lowest BCUT2D eigenvalue weighted by atomic mass is 9.79. The molecular formula is C36H52N6O5S. The number of carbonyl (C=O) groups is 4. The molecule has 2 amide bonds. The molecule has 5 heterocycles. The number of fused-ring (bicyclic) bond motifs is 3. The second-order valence-electron chi connectivity index (χ2n) is 15.0. The van der Waals surface area contributed by atoms with Crippen LogP contribution in [-0.2, 0) is 25.5 Å². The molecule has 4 atom stereocenters. The van der Waals surface area contributed by atoms with Crippen molar-refractivity contribution in [2.24, 2.45) is 23.2 Å². The number of esters is 1. The first-order valence-electron chi connectivity index (χ1n) is 17.6. The van der Waals surface area contributed by atoms with E-state index < -0.39 is 17.5 Å². The molecule has 4 aliphatic rings. The van der Waals surface area contributed by atoms with Crippen LogP contribution in [0, 0.1) is 23.2 Å². The highest BCUT2D eigenvalue weighted by atomic mass is 32.1. The zero-order chi connectivity index (χ0) is 34.6. The number of ether oxygens (including phenoxy) is 1. The fourth-order valence-electron chi connectivity index (χ4n) is 7.61. The van der Waals surface area contributed by atoms with Gasteiger partial charge >= 0.3 is 5.97 Å². The van der Waals surface area contributed by atoms with Gasteiger partial charge in [0.15, 0.2) is 11.9 Å². The molecule has 3 saturated heterocycles. The second-order valence-corrected chi connectivity index (χ2v) is 15.8. The first-order chi connectivity index (χ1) is 22.8. The van der Waals surface area contributed by atoms with Crippen molar-refractivity contribution in [2.45, 2.75) is 117 Å². The summed E-state index contributed by atoms with van der Waals surface area (Å²) in [6, 6.07) is 1.27. The van der Waals surface area contributed by atoms with E-state index in [2.05, 4.69) is 39.0 Å². The number of amides is 2. The Hall–Kier alpha value is -3.25. The van der Waals surface area contributed by atoms with Gasteiger partial charge in [-0.1, -0.05) is 27.7 Å². The van der Waals surface area contributed by atoms with Crippen LogP contribution in [0.1, 0.15) is 113 Å². The molecule has 1 saturated carbocycles. The van der Waals surface area contributed by atoms with E-state index in [1.165, 1.54) is 31.1 Å². The van der Waals surface area contributed by atoms with Crippen LogP contribution < -0.4 is 5.32 Å². The van der Waals surface area contributed by atoms with Crippen molar-refractivity contribution < 1.29 is 23.9 Å². The molecule has 1 N–H and O–H groups in total. The van der Waals surface area contributed by atoms with Crippen LogP contribution in [0.25, 0.3) is 0 Å². The van der Waals surface area contributed by atoms with Crippen LogP contribution in [0.4, 0.5) is 0 Å². The lowest BCUT2D eigenvalue weighted by molar-refractivity contribution is -0.149. The van der Waals surface area contributed by atoms with E-state index >= 15 is 0 Å². The zero-order valence-corrected chi connectivity index (χ0v) is 30.1. The molecule has 12 heteroatoms. The molecule has 6 rings (SSSR count). The predicted octanol–water partition coefficient (Wildman–Crippen LogP) is 5.02. The first-order valence-corrected chi connectivity index (χ1v) is 18.5. The first kappa shape index (κ1) is 36.0. The summed E-state index contributed by atoms with van der Waals surface area (Å²) in [5, 5.41) is 5.29. The van der Waals surface area contributed by atoms with Crippen LogP contribution in [0.5, 0.6) is 0 Å². The molecule has 1 aliphatic carbocycles. The Kier molecular flexibility index (Phi) is 11.7. The van der Waals surface area contributed by atoms with Crippen LogP contribution in [0.3, 0.4) is 0 Å². The number of nitrogens with zero attached hydrogens (tertiary/aromatic N) is 5. The van der Waals surface area contributed by atoms with Crippen LogP contribution in [0.15, 0.2) is 23.8 Å². The van der Waals surface area contributed by atoms with E-state index in [9.17, 15) is 19.2 Å². The Morgan fingerprint density at radius 1 is 1.08 bits per heavy atom. The normalized spacial score (nSPS) is 23.0. The Morgan fingerprint density at radius 3 is 2.33 bits per heavy atom. The summed E-state index contributed by atoms with van der Waals surface area (Å²) in [6.07, 6.45) is 9.22. The van der Waals surface area contributed by atoms with Gasteiger partial charge in [-0.05, 0) is 75.4 Å². The van der Waals surface area contributed by atoms with Crippen molar-refractivity contribution >= 4 is 34.9 Å². The van der Waals surface area contributed by atoms with E-state index in [0.717, 1.165) is 38.8 Å². The number of ketones is 1. The molecule has 2 bridgehead atoms. The molecule has 0 unspecified atom stereocenters. The van der Waals surface area contributed by atoms with Gasteiger partial charge in [0.25, 0.3) is 5.91 Å². The third kappa shape index (κ3) is 8.85. The highest BCUT2D eigenvalue weighted by molar-refractivity contribution is 7.09. The second kappa shape index (κ2) is 15.5. The molecule has 48 heavy (non-hydrogen) atoms. The van der Waals surface area contributed by atoms with Crippen molar-refractivity contribution in [3.05, 3.63) is 40.4 Å². The molecule has 3 aliphatic heterocycles. The largest absolute Gasteiger partial charge is 0.455 e. The van der Waals surface area contributed by atoms with Gasteiger partial charge in [0.2, 0.25) is 5.91 Å². The Morgan fingerprint density at radius 2 is 1.77 bits per heavy atom. The van der Waals surface area contributed by atoms with Crippen molar-refractivity contribution in [1.29, 1.82) is 0 Å². The molecule has 4 fully saturated rings. The topological polar surface area (TPSA) is 135 Å². The Labute approximate surface area is 288 Å². The van der Waals surface area contributed by atoms with E-state index in [-0.39, 0.29) is 47.3 Å². The summed E-state index contributed by atoms with van der Waals surface area (Å²) in [5.74, 6) is 1.11. The van der Waals surface area contributed by atoms with Crippen molar-refractivity contribution in [3.8, 4) is 0 Å². The lowest BCUT2D eigenvalue weighted by Crippen LogP contribution is -2.53. The zero-order valence-electron chi connectivity index (χ0n) is 29.3. The Bertz CT molecular complexity index is 1440. The quantitative estimate of drug-likeness (QED) is 0.243. The van der Waals surface area contributed by atoms with E-state index in [1.807, 2.05) is 13.8 Å². The minimum absolute atomic E-state index is 0.00936. The summed E-state index contributed by atoms with van der Waals surface area (Å²) < 4.78 is 5.79. The molecule has 0 aromatic carbocycles. The average Bonchev–Trinajstić information content (AvgIpc) is 3.66. The number of piperidine rings is 3. The SMILES string of the molecule is CC(=O)O[C@H](C[C@H](C(C)C)N(C)C(=O)C1(CC(=O)[C@H]2CC3CCN2CC3)CC1)c1nc(C(=O)N[C@@H](Cc2ncccn2)CC(C)C)cs1. The highest BCUT2D eigenvalue weighted by Crippen LogP contribution is 2.52. The standard InChI is InChI=1S/C36H52N6O5S/c1-22(2)16-26(18-32-37-12-7-13-38-32)39-33(45)27-21-48-34(40-27)31(47-24(5)43)19-28(23(3)4)41(6)35(46)36(10-11-36)20-30(44)29-17-25-8-14-42(29)15-9-25/h7,12-13,21-23,25-26,28-29,31H,8-11,14-20H2,1-6H3,(H,39,45)/t26-,28-,29-,31-/m1/s1. The van der Waals surface area contributed by atoms with Crippen molar-refractivity contribution in [3.63, 3.8) is 0 Å². The summed E-state index contributed by atoms with van der Waals surface area (Å²) in [6.45, 7) is 11.6. The third-order valence-electron chi connectivity index (χ3n) is 10.4. The van der Waals surface area contributed by atoms with Gasteiger partial charge in [0.1, 0.15) is 16.5 Å². The van der Waals surface area contributed by atoms with Gasteiger partial charge in [0.05, 0.1) is 11.5 Å². The van der Waals surface area contributed by atoms with Crippen LogP contribution in [-0.4, -0.2) is 86.6 Å². The van der Waals surface area contributed by atoms with E-state index in [0.29, 0.717) is 41.9 Å². The Balaban J connectivity index is 1.26. The van der Waals surface area contributed by atoms with Gasteiger partial charge in [-0.2, -0.15) is 0 Å². The fourth-order valence-corrected chi connectivity index (χ4v) is 8.45. The highest BCUT2D eigenvalue weighted by Gasteiger charge is 2.54. The monoisotopic (exact) mass is 680 g/mol. The molecule has 2 aromatic heterocycles. The third-order valence-corrected chi connectivity index (χ3v) is 11.3. The summed E-state index contributed by atoms with van der Waals surface area (Å²) in [5.41, 5.74) is -0.389. The average molecular weight is 681 g/mol. The predicted molar refractivity (Wildman–Crippen MR) is 183 cm³/mol. The maximum Gasteiger partial charge on any atom is 0.303 e. The minimum Gasteiger partial charge on any atom is -0.455 e. The number of hydrogen-bond donors (Lipinski definition) is 1. The van der Waals surface area contributed by atoms with Gasteiger partial charge in [0, 0.05) is 63.1 Å². The van der Waals surface area contributed by atoms with Gasteiger partial charge < -0.3 is 15.0 Å². The lowest BCUT2D eigenvalue weighted by Gasteiger charge is -2.45. The molecule has 0 radical (unpaired) electrons. The number of hydrogen-bond acceptors (Lipinski definition) is 10. The maximum atomic E-state index is 14.1.